The summed E-state index contributed by atoms with van der Waals surface area (Å²) in [4.78, 5) is 30.2. The van der Waals surface area contributed by atoms with Crippen molar-refractivity contribution in [3.63, 3.8) is 0 Å². The van der Waals surface area contributed by atoms with Crippen molar-refractivity contribution in [2.75, 3.05) is 19.6 Å². The van der Waals surface area contributed by atoms with Gasteiger partial charge in [-0.1, -0.05) is 6.07 Å². The van der Waals surface area contributed by atoms with E-state index in [1.807, 2.05) is 27.3 Å². The lowest BCUT2D eigenvalue weighted by Crippen LogP contribution is -2.39. The maximum Gasteiger partial charge on any atom is 0.274 e. The number of piperidine rings is 1. The SMILES string of the molecule is O=C(Cc1cccs1)N1CCc2[nH]nc(C(=O)N3CCCCC3)c2C1. The highest BCUT2D eigenvalue weighted by Crippen LogP contribution is 2.23. The first-order valence-electron chi connectivity index (χ1n) is 8.88. The lowest BCUT2D eigenvalue weighted by Gasteiger charge is -2.29. The second-order valence-electron chi connectivity index (χ2n) is 6.70. The summed E-state index contributed by atoms with van der Waals surface area (Å²) in [6.07, 6.45) is 4.47. The van der Waals surface area contributed by atoms with Crippen LogP contribution in [-0.4, -0.2) is 51.4 Å². The minimum absolute atomic E-state index is 0.00440. The van der Waals surface area contributed by atoms with Gasteiger partial charge in [0.1, 0.15) is 0 Å². The van der Waals surface area contributed by atoms with Gasteiger partial charge in [0.25, 0.3) is 5.91 Å². The van der Waals surface area contributed by atoms with Crippen LogP contribution in [0.25, 0.3) is 0 Å². The fraction of sp³-hybridized carbons (Fsp3) is 0.500. The number of aromatic nitrogens is 2. The quantitative estimate of drug-likeness (QED) is 0.915. The first kappa shape index (κ1) is 16.3. The van der Waals surface area contributed by atoms with E-state index in [0.717, 1.165) is 48.5 Å². The largest absolute Gasteiger partial charge is 0.338 e. The molecule has 0 unspecified atom stereocenters. The Morgan fingerprint density at radius 3 is 2.76 bits per heavy atom. The van der Waals surface area contributed by atoms with Crippen LogP contribution in [0, 0.1) is 0 Å². The molecule has 1 saturated heterocycles. The number of rotatable bonds is 3. The molecule has 4 rings (SSSR count). The maximum absolute atomic E-state index is 12.8. The summed E-state index contributed by atoms with van der Waals surface area (Å²) in [5.41, 5.74) is 2.41. The van der Waals surface area contributed by atoms with Crippen LogP contribution in [0.3, 0.4) is 0 Å². The lowest BCUT2D eigenvalue weighted by molar-refractivity contribution is -0.131. The zero-order valence-corrected chi connectivity index (χ0v) is 15.0. The summed E-state index contributed by atoms with van der Waals surface area (Å²) in [5.74, 6) is 0.121. The minimum Gasteiger partial charge on any atom is -0.338 e. The lowest BCUT2D eigenvalue weighted by atomic mass is 10.0. The van der Waals surface area contributed by atoms with E-state index in [-0.39, 0.29) is 11.8 Å². The van der Waals surface area contributed by atoms with Gasteiger partial charge in [-0.15, -0.1) is 11.3 Å². The summed E-state index contributed by atoms with van der Waals surface area (Å²) < 4.78 is 0. The van der Waals surface area contributed by atoms with Gasteiger partial charge in [0.05, 0.1) is 6.42 Å². The molecular weight excluding hydrogens is 336 g/mol. The fourth-order valence-corrected chi connectivity index (χ4v) is 4.30. The highest BCUT2D eigenvalue weighted by Gasteiger charge is 2.30. The second kappa shape index (κ2) is 7.00. The molecule has 2 aliphatic rings. The maximum atomic E-state index is 12.8. The molecule has 2 amide bonds. The van der Waals surface area contributed by atoms with Gasteiger partial charge in [0, 0.05) is 48.7 Å². The van der Waals surface area contributed by atoms with Gasteiger partial charge in [-0.2, -0.15) is 5.10 Å². The molecule has 6 nitrogen and oxygen atoms in total. The highest BCUT2D eigenvalue weighted by molar-refractivity contribution is 7.10. The molecule has 7 heteroatoms. The molecule has 0 aliphatic carbocycles. The highest BCUT2D eigenvalue weighted by atomic mass is 32.1. The number of thiophene rings is 1. The van der Waals surface area contributed by atoms with Crippen molar-refractivity contribution in [3.05, 3.63) is 39.3 Å². The Morgan fingerprint density at radius 2 is 2.00 bits per heavy atom. The topological polar surface area (TPSA) is 69.3 Å². The Labute approximate surface area is 150 Å². The van der Waals surface area contributed by atoms with Crippen molar-refractivity contribution in [2.45, 2.75) is 38.6 Å². The van der Waals surface area contributed by atoms with E-state index in [4.69, 9.17) is 0 Å². The predicted octanol–water partition coefficient (Wildman–Crippen LogP) is 2.22. The van der Waals surface area contributed by atoms with E-state index in [1.54, 1.807) is 11.3 Å². The number of H-pyrrole nitrogens is 1. The molecule has 0 bridgehead atoms. The van der Waals surface area contributed by atoms with E-state index in [1.165, 1.54) is 6.42 Å². The number of nitrogens with zero attached hydrogens (tertiary/aromatic N) is 3. The zero-order chi connectivity index (χ0) is 17.2. The summed E-state index contributed by atoms with van der Waals surface area (Å²) >= 11 is 1.60. The Balaban J connectivity index is 1.49. The Bertz CT molecular complexity index is 762. The monoisotopic (exact) mass is 358 g/mol. The van der Waals surface area contributed by atoms with E-state index < -0.39 is 0 Å². The third-order valence-corrected chi connectivity index (χ3v) is 5.91. The molecule has 2 aromatic rings. The molecule has 4 heterocycles. The summed E-state index contributed by atoms with van der Waals surface area (Å²) in [6, 6.07) is 3.95. The standard InChI is InChI=1S/C18H22N4O2S/c23-16(11-13-5-4-10-25-13)22-9-6-15-14(12-22)17(20-19-15)18(24)21-7-2-1-3-8-21/h4-5,10H,1-3,6-9,11-12H2,(H,19,20). The van der Waals surface area contributed by atoms with Crippen molar-refractivity contribution in [3.8, 4) is 0 Å². The number of carbonyl (C=O) groups is 2. The minimum atomic E-state index is 0.00440. The number of likely N-dealkylation sites (tertiary alicyclic amines) is 1. The third kappa shape index (κ3) is 3.33. The predicted molar refractivity (Wildman–Crippen MR) is 95.5 cm³/mol. The number of amides is 2. The van der Waals surface area contributed by atoms with Crippen LogP contribution in [0.2, 0.25) is 0 Å². The van der Waals surface area contributed by atoms with Crippen LogP contribution in [0.4, 0.5) is 0 Å². The molecule has 1 fully saturated rings. The molecule has 0 aromatic carbocycles. The first-order chi connectivity index (χ1) is 12.2. The van der Waals surface area contributed by atoms with Crippen molar-refractivity contribution in [2.24, 2.45) is 0 Å². The Kier molecular flexibility index (Phi) is 4.57. The molecule has 0 radical (unpaired) electrons. The van der Waals surface area contributed by atoms with Crippen molar-refractivity contribution in [1.82, 2.24) is 20.0 Å². The molecule has 0 spiro atoms. The van der Waals surface area contributed by atoms with Gasteiger partial charge < -0.3 is 9.80 Å². The Morgan fingerprint density at radius 1 is 1.16 bits per heavy atom. The summed E-state index contributed by atoms with van der Waals surface area (Å²) in [7, 11) is 0. The smallest absolute Gasteiger partial charge is 0.274 e. The van der Waals surface area contributed by atoms with Crippen LogP contribution in [0.5, 0.6) is 0 Å². The molecule has 0 saturated carbocycles. The van der Waals surface area contributed by atoms with Gasteiger partial charge in [0.15, 0.2) is 5.69 Å². The van der Waals surface area contributed by atoms with Crippen LogP contribution in [0.15, 0.2) is 17.5 Å². The molecule has 1 N–H and O–H groups in total. The third-order valence-electron chi connectivity index (χ3n) is 5.04. The van der Waals surface area contributed by atoms with Gasteiger partial charge >= 0.3 is 0 Å². The molecule has 2 aliphatic heterocycles. The van der Waals surface area contributed by atoms with E-state index >= 15 is 0 Å². The number of carbonyl (C=O) groups excluding carboxylic acids is 2. The molecule has 2 aromatic heterocycles. The average Bonchev–Trinajstić information content (AvgIpc) is 3.30. The van der Waals surface area contributed by atoms with Crippen molar-refractivity contribution < 1.29 is 9.59 Å². The number of aromatic amines is 1. The van der Waals surface area contributed by atoms with E-state index in [9.17, 15) is 9.59 Å². The van der Waals surface area contributed by atoms with Crippen LogP contribution < -0.4 is 0 Å². The molecule has 132 valence electrons. The summed E-state index contributed by atoms with van der Waals surface area (Å²) in [6.45, 7) is 2.77. The van der Waals surface area contributed by atoms with Crippen molar-refractivity contribution in [1.29, 1.82) is 0 Å². The zero-order valence-electron chi connectivity index (χ0n) is 14.2. The van der Waals surface area contributed by atoms with Crippen molar-refractivity contribution >= 4 is 23.2 Å². The second-order valence-corrected chi connectivity index (χ2v) is 7.74. The first-order valence-corrected chi connectivity index (χ1v) is 9.76. The van der Waals surface area contributed by atoms with E-state index in [0.29, 0.717) is 25.2 Å². The molecule has 25 heavy (non-hydrogen) atoms. The van der Waals surface area contributed by atoms with E-state index in [2.05, 4.69) is 10.2 Å². The molecule has 0 atom stereocenters. The van der Waals surface area contributed by atoms with Gasteiger partial charge in [-0.25, -0.2) is 0 Å². The number of nitrogens with one attached hydrogen (secondary N) is 1. The number of hydrogen-bond donors (Lipinski definition) is 1. The van der Waals surface area contributed by atoms with Crippen LogP contribution >= 0.6 is 11.3 Å². The Hall–Kier alpha value is -2.15. The number of hydrogen-bond acceptors (Lipinski definition) is 4. The normalized spacial score (nSPS) is 17.4. The summed E-state index contributed by atoms with van der Waals surface area (Å²) in [5, 5.41) is 9.30. The number of fused-ring (bicyclic) bond motifs is 1. The fourth-order valence-electron chi connectivity index (χ4n) is 3.61. The average molecular weight is 358 g/mol. The molecular formula is C18H22N4O2S. The van der Waals surface area contributed by atoms with Gasteiger partial charge in [0.2, 0.25) is 5.91 Å². The van der Waals surface area contributed by atoms with Crippen LogP contribution in [-0.2, 0) is 24.2 Å². The van der Waals surface area contributed by atoms with Gasteiger partial charge in [-0.3, -0.25) is 14.7 Å². The van der Waals surface area contributed by atoms with Crippen LogP contribution in [0.1, 0.15) is 45.9 Å². The van der Waals surface area contributed by atoms with Gasteiger partial charge in [-0.05, 0) is 30.7 Å².